The second-order valence-electron chi connectivity index (χ2n) is 2.95. The molecule has 0 aliphatic carbocycles. The molecule has 0 heterocycles. The van der Waals surface area contributed by atoms with Gasteiger partial charge in [-0.15, -0.1) is 0 Å². The van der Waals surface area contributed by atoms with E-state index >= 15 is 0 Å². The normalized spacial score (nSPS) is 10.6. The number of carbonyl (C=O) groups is 1. The Hall–Kier alpha value is -1.72. The molecule has 0 fully saturated rings. The van der Waals surface area contributed by atoms with Crippen LogP contribution in [0, 0.1) is 0 Å². The molecular weight excluding hydrogens is 228 g/mol. The van der Waals surface area contributed by atoms with E-state index in [0.717, 1.165) is 5.39 Å². The SMILES string of the molecule is C=O.O=S(=O)(O)c1cccc2ccccc12. The molecule has 0 bridgehead atoms. The van der Waals surface area contributed by atoms with Crippen LogP contribution in [0.5, 0.6) is 0 Å². The molecule has 84 valence electrons. The molecule has 0 radical (unpaired) electrons. The van der Waals surface area contributed by atoms with E-state index in [1.807, 2.05) is 12.9 Å². The van der Waals surface area contributed by atoms with Crippen molar-refractivity contribution in [3.8, 4) is 0 Å². The lowest BCUT2D eigenvalue weighted by atomic mass is 10.1. The first-order chi connectivity index (χ1) is 7.59. The molecule has 0 aliphatic heterocycles. The summed E-state index contributed by atoms with van der Waals surface area (Å²) < 4.78 is 31.0. The number of benzene rings is 2. The summed E-state index contributed by atoms with van der Waals surface area (Å²) in [6, 6.07) is 11.8. The monoisotopic (exact) mass is 238 g/mol. The number of fused-ring (bicyclic) bond motifs is 1. The van der Waals surface area contributed by atoms with Crippen molar-refractivity contribution < 1.29 is 17.8 Å². The average Bonchev–Trinajstić information content (AvgIpc) is 2.30. The maximum absolute atomic E-state index is 11.0. The second kappa shape index (κ2) is 4.87. The fraction of sp³-hybridized carbons (Fsp3) is 0. The first kappa shape index (κ1) is 12.4. The van der Waals surface area contributed by atoms with Gasteiger partial charge in [-0.2, -0.15) is 8.42 Å². The Morgan fingerprint density at radius 1 is 0.938 bits per heavy atom. The molecule has 16 heavy (non-hydrogen) atoms. The lowest BCUT2D eigenvalue weighted by molar-refractivity contribution is -0.0979. The summed E-state index contributed by atoms with van der Waals surface area (Å²) in [7, 11) is -4.13. The van der Waals surface area contributed by atoms with Crippen LogP contribution in [0.25, 0.3) is 10.8 Å². The topological polar surface area (TPSA) is 71.4 Å². The molecule has 0 saturated carbocycles. The minimum atomic E-state index is -4.13. The predicted molar refractivity (Wildman–Crippen MR) is 60.9 cm³/mol. The molecular formula is C11H10O4S. The van der Waals surface area contributed by atoms with E-state index in [0.29, 0.717) is 5.39 Å². The van der Waals surface area contributed by atoms with Gasteiger partial charge >= 0.3 is 0 Å². The molecule has 1 N–H and O–H groups in total. The van der Waals surface area contributed by atoms with Crippen molar-refractivity contribution in [2.24, 2.45) is 0 Å². The second-order valence-corrected chi connectivity index (χ2v) is 4.34. The zero-order valence-electron chi connectivity index (χ0n) is 8.33. The fourth-order valence-electron chi connectivity index (χ4n) is 1.42. The number of hydrogen-bond acceptors (Lipinski definition) is 3. The predicted octanol–water partition coefficient (Wildman–Crippen LogP) is 1.90. The van der Waals surface area contributed by atoms with Crippen LogP contribution in [-0.4, -0.2) is 19.8 Å². The van der Waals surface area contributed by atoms with E-state index in [4.69, 9.17) is 9.35 Å². The first-order valence-corrected chi connectivity index (χ1v) is 5.77. The number of carbonyl (C=O) groups excluding carboxylic acids is 1. The van der Waals surface area contributed by atoms with Crippen molar-refractivity contribution in [1.29, 1.82) is 0 Å². The Morgan fingerprint density at radius 3 is 2.12 bits per heavy atom. The van der Waals surface area contributed by atoms with E-state index in [9.17, 15) is 8.42 Å². The highest BCUT2D eigenvalue weighted by atomic mass is 32.2. The minimum absolute atomic E-state index is 0.0457. The quantitative estimate of drug-likeness (QED) is 0.770. The van der Waals surface area contributed by atoms with E-state index in [2.05, 4.69) is 0 Å². The highest BCUT2D eigenvalue weighted by molar-refractivity contribution is 7.86. The zero-order chi connectivity index (χ0) is 12.2. The Kier molecular flexibility index (Phi) is 3.76. The Morgan fingerprint density at radius 2 is 1.50 bits per heavy atom. The highest BCUT2D eigenvalue weighted by Gasteiger charge is 2.12. The summed E-state index contributed by atoms with van der Waals surface area (Å²) in [5.41, 5.74) is 0. The van der Waals surface area contributed by atoms with Gasteiger partial charge in [0, 0.05) is 5.39 Å². The van der Waals surface area contributed by atoms with Gasteiger partial charge < -0.3 is 4.79 Å². The molecule has 5 heteroatoms. The van der Waals surface area contributed by atoms with Gasteiger partial charge in [0.2, 0.25) is 0 Å². The molecule has 0 unspecified atom stereocenters. The van der Waals surface area contributed by atoms with Gasteiger partial charge in [0.15, 0.2) is 0 Å². The molecule has 0 aliphatic rings. The van der Waals surface area contributed by atoms with Gasteiger partial charge in [0.25, 0.3) is 10.1 Å². The van der Waals surface area contributed by atoms with E-state index in [1.54, 1.807) is 30.3 Å². The van der Waals surface area contributed by atoms with Gasteiger partial charge in [0.05, 0.1) is 0 Å². The van der Waals surface area contributed by atoms with Crippen LogP contribution in [-0.2, 0) is 14.9 Å². The zero-order valence-corrected chi connectivity index (χ0v) is 9.15. The molecule has 0 amide bonds. The Balaban J connectivity index is 0.000000606. The summed E-state index contributed by atoms with van der Waals surface area (Å²) in [5, 5.41) is 1.33. The van der Waals surface area contributed by atoms with Crippen LogP contribution in [0.4, 0.5) is 0 Å². The largest absolute Gasteiger partial charge is 0.307 e. The Labute approximate surface area is 93.3 Å². The average molecular weight is 238 g/mol. The van der Waals surface area contributed by atoms with Crippen LogP contribution in [0.2, 0.25) is 0 Å². The van der Waals surface area contributed by atoms with E-state index in [1.165, 1.54) is 6.07 Å². The highest BCUT2D eigenvalue weighted by Crippen LogP contribution is 2.21. The summed E-state index contributed by atoms with van der Waals surface area (Å²) in [4.78, 5) is 7.95. The van der Waals surface area contributed by atoms with Gasteiger partial charge in [0.1, 0.15) is 11.7 Å². The minimum Gasteiger partial charge on any atom is -0.307 e. The lowest BCUT2D eigenvalue weighted by Crippen LogP contribution is -1.98. The van der Waals surface area contributed by atoms with Crippen molar-refractivity contribution in [1.82, 2.24) is 0 Å². The van der Waals surface area contributed by atoms with Crippen molar-refractivity contribution in [2.45, 2.75) is 4.90 Å². The smallest absolute Gasteiger partial charge is 0.295 e. The van der Waals surface area contributed by atoms with Gasteiger partial charge in [-0.25, -0.2) is 0 Å². The van der Waals surface area contributed by atoms with Crippen molar-refractivity contribution in [3.63, 3.8) is 0 Å². The molecule has 0 atom stereocenters. The standard InChI is InChI=1S/C10H8O3S.CH2O/c11-14(12,13)10-7-3-5-8-4-1-2-6-9(8)10;1-2/h1-7H,(H,11,12,13);1H2. The molecule has 4 nitrogen and oxygen atoms in total. The van der Waals surface area contributed by atoms with Crippen molar-refractivity contribution >= 4 is 27.7 Å². The Bertz CT molecular complexity index is 584. The fourth-order valence-corrected chi connectivity index (χ4v) is 2.13. The molecule has 0 spiro atoms. The van der Waals surface area contributed by atoms with Crippen LogP contribution in [0.1, 0.15) is 0 Å². The van der Waals surface area contributed by atoms with Gasteiger partial charge in [-0.05, 0) is 11.5 Å². The number of hydrogen-bond donors (Lipinski definition) is 1. The molecule has 2 aromatic carbocycles. The van der Waals surface area contributed by atoms with E-state index in [-0.39, 0.29) is 4.90 Å². The molecule has 2 aromatic rings. The van der Waals surface area contributed by atoms with Crippen LogP contribution >= 0.6 is 0 Å². The lowest BCUT2D eigenvalue weighted by Gasteiger charge is -2.02. The summed E-state index contributed by atoms with van der Waals surface area (Å²) in [6.45, 7) is 2.00. The van der Waals surface area contributed by atoms with Crippen LogP contribution in [0.3, 0.4) is 0 Å². The third kappa shape index (κ3) is 2.44. The number of rotatable bonds is 1. The van der Waals surface area contributed by atoms with Crippen molar-refractivity contribution in [3.05, 3.63) is 42.5 Å². The maximum Gasteiger partial charge on any atom is 0.295 e. The maximum atomic E-state index is 11.0. The summed E-state index contributed by atoms with van der Waals surface area (Å²) in [5.74, 6) is 0. The summed E-state index contributed by atoms with van der Waals surface area (Å²) >= 11 is 0. The first-order valence-electron chi connectivity index (χ1n) is 4.33. The van der Waals surface area contributed by atoms with E-state index < -0.39 is 10.1 Å². The van der Waals surface area contributed by atoms with Crippen molar-refractivity contribution in [2.75, 3.05) is 0 Å². The van der Waals surface area contributed by atoms with Crippen LogP contribution in [0.15, 0.2) is 47.4 Å². The van der Waals surface area contributed by atoms with Crippen LogP contribution < -0.4 is 0 Å². The van der Waals surface area contributed by atoms with Gasteiger partial charge in [-0.3, -0.25) is 4.55 Å². The van der Waals surface area contributed by atoms with Gasteiger partial charge in [-0.1, -0.05) is 36.4 Å². The third-order valence-corrected chi connectivity index (χ3v) is 2.94. The summed E-state index contributed by atoms with van der Waals surface area (Å²) in [6.07, 6.45) is 0. The molecule has 0 aromatic heterocycles. The molecule has 0 saturated heterocycles. The third-order valence-electron chi connectivity index (χ3n) is 2.03. The molecule has 2 rings (SSSR count).